The Kier molecular flexibility index (Phi) is 5.41. The van der Waals surface area contributed by atoms with Crippen LogP contribution in [0.25, 0.3) is 0 Å². The maximum absolute atomic E-state index is 12.6. The van der Waals surface area contributed by atoms with Crippen LogP contribution in [0.1, 0.15) is 45.1 Å². The van der Waals surface area contributed by atoms with Crippen LogP contribution < -0.4 is 10.1 Å². The molecule has 5 nitrogen and oxygen atoms in total. The summed E-state index contributed by atoms with van der Waals surface area (Å²) in [7, 11) is 0. The molecule has 1 N–H and O–H groups in total. The smallest absolute Gasteiger partial charge is 0.224 e. The first-order chi connectivity index (χ1) is 11.6. The first-order valence-corrected chi connectivity index (χ1v) is 8.91. The first kappa shape index (κ1) is 17.2. The number of benzene rings is 1. The van der Waals surface area contributed by atoms with E-state index in [9.17, 15) is 4.79 Å². The summed E-state index contributed by atoms with van der Waals surface area (Å²) in [5.74, 6) is 0.150. The molecule has 2 fully saturated rings. The quantitative estimate of drug-likeness (QED) is 0.900. The van der Waals surface area contributed by atoms with Gasteiger partial charge in [-0.05, 0) is 32.8 Å². The van der Waals surface area contributed by atoms with Crippen molar-refractivity contribution in [2.24, 2.45) is 0 Å². The van der Waals surface area contributed by atoms with E-state index in [-0.39, 0.29) is 18.1 Å². The van der Waals surface area contributed by atoms with E-state index in [4.69, 9.17) is 14.2 Å². The Bertz CT molecular complexity index is 566. The molecule has 0 bridgehead atoms. The molecule has 1 saturated carbocycles. The van der Waals surface area contributed by atoms with Crippen molar-refractivity contribution in [3.63, 3.8) is 0 Å². The highest BCUT2D eigenvalue weighted by Gasteiger charge is 2.46. The van der Waals surface area contributed by atoms with E-state index in [0.717, 1.165) is 37.0 Å². The van der Waals surface area contributed by atoms with Gasteiger partial charge in [-0.2, -0.15) is 0 Å². The Hall–Kier alpha value is -1.59. The van der Waals surface area contributed by atoms with Crippen LogP contribution in [-0.4, -0.2) is 37.1 Å². The maximum atomic E-state index is 12.6. The average molecular weight is 333 g/mol. The Morgan fingerprint density at radius 2 is 2.04 bits per heavy atom. The van der Waals surface area contributed by atoms with Gasteiger partial charge in [0, 0.05) is 12.0 Å². The van der Waals surface area contributed by atoms with E-state index in [2.05, 4.69) is 5.32 Å². The SMILES string of the molecule is CC(C)Oc1ccccc1CC(=O)NC1CCCCC12OCCO2. The fourth-order valence-corrected chi connectivity index (χ4v) is 3.55. The highest BCUT2D eigenvalue weighted by molar-refractivity contribution is 5.79. The fraction of sp³-hybridized carbons (Fsp3) is 0.632. The van der Waals surface area contributed by atoms with Gasteiger partial charge in [0.05, 0.1) is 31.8 Å². The molecule has 1 aromatic rings. The number of amides is 1. The molecule has 1 unspecified atom stereocenters. The summed E-state index contributed by atoms with van der Waals surface area (Å²) in [6, 6.07) is 7.64. The van der Waals surface area contributed by atoms with Gasteiger partial charge in [0.2, 0.25) is 5.91 Å². The van der Waals surface area contributed by atoms with Gasteiger partial charge in [-0.25, -0.2) is 0 Å². The third-order valence-electron chi connectivity index (χ3n) is 4.60. The van der Waals surface area contributed by atoms with Crippen molar-refractivity contribution in [3.8, 4) is 5.75 Å². The largest absolute Gasteiger partial charge is 0.491 e. The van der Waals surface area contributed by atoms with Crippen molar-refractivity contribution >= 4 is 5.91 Å². The zero-order valence-corrected chi connectivity index (χ0v) is 14.5. The van der Waals surface area contributed by atoms with Crippen LogP contribution in [0.2, 0.25) is 0 Å². The zero-order valence-electron chi connectivity index (χ0n) is 14.5. The van der Waals surface area contributed by atoms with Gasteiger partial charge < -0.3 is 19.5 Å². The molecule has 132 valence electrons. The maximum Gasteiger partial charge on any atom is 0.224 e. The molecule has 1 aliphatic carbocycles. The summed E-state index contributed by atoms with van der Waals surface area (Å²) in [4.78, 5) is 12.6. The minimum absolute atomic E-state index is 0.0137. The molecule has 24 heavy (non-hydrogen) atoms. The number of carbonyl (C=O) groups is 1. The van der Waals surface area contributed by atoms with Gasteiger partial charge in [0.1, 0.15) is 5.75 Å². The molecule has 1 heterocycles. The Morgan fingerprint density at radius 1 is 1.29 bits per heavy atom. The van der Waals surface area contributed by atoms with Crippen LogP contribution in [0.15, 0.2) is 24.3 Å². The van der Waals surface area contributed by atoms with Gasteiger partial charge >= 0.3 is 0 Å². The van der Waals surface area contributed by atoms with Crippen LogP contribution in [0.4, 0.5) is 0 Å². The molecule has 0 aromatic heterocycles. The zero-order chi connectivity index (χ0) is 17.0. The average Bonchev–Trinajstić information content (AvgIpc) is 3.00. The second-order valence-electron chi connectivity index (χ2n) is 6.83. The number of nitrogens with one attached hydrogen (secondary N) is 1. The lowest BCUT2D eigenvalue weighted by Gasteiger charge is -2.39. The molecule has 1 amide bonds. The van der Waals surface area contributed by atoms with Crippen LogP contribution >= 0.6 is 0 Å². The van der Waals surface area contributed by atoms with Crippen molar-refractivity contribution in [1.29, 1.82) is 0 Å². The Labute approximate surface area is 143 Å². The summed E-state index contributed by atoms with van der Waals surface area (Å²) in [5.41, 5.74) is 0.904. The third kappa shape index (κ3) is 3.90. The second kappa shape index (κ2) is 7.53. The van der Waals surface area contributed by atoms with E-state index >= 15 is 0 Å². The molecule has 1 saturated heterocycles. The molecule has 1 spiro atoms. The standard InChI is InChI=1S/C19H27NO4/c1-14(2)24-16-8-4-3-7-15(16)13-18(21)20-17-9-5-6-10-19(17)22-11-12-23-19/h3-4,7-8,14,17H,5-6,9-13H2,1-2H3,(H,20,21). The summed E-state index contributed by atoms with van der Waals surface area (Å²) < 4.78 is 17.5. The lowest BCUT2D eigenvalue weighted by atomic mass is 9.88. The highest BCUT2D eigenvalue weighted by atomic mass is 16.7. The number of hydrogen-bond acceptors (Lipinski definition) is 4. The minimum atomic E-state index is -0.609. The normalized spacial score (nSPS) is 22.7. The summed E-state index contributed by atoms with van der Waals surface area (Å²) >= 11 is 0. The van der Waals surface area contributed by atoms with Crippen LogP contribution in [0.5, 0.6) is 5.75 Å². The minimum Gasteiger partial charge on any atom is -0.491 e. The Morgan fingerprint density at radius 3 is 2.79 bits per heavy atom. The van der Waals surface area contributed by atoms with Crippen molar-refractivity contribution < 1.29 is 19.0 Å². The van der Waals surface area contributed by atoms with Gasteiger partial charge in [0.25, 0.3) is 0 Å². The molecule has 5 heteroatoms. The number of hydrogen-bond donors (Lipinski definition) is 1. The summed E-state index contributed by atoms with van der Waals surface area (Å²) in [5, 5.41) is 3.14. The number of rotatable bonds is 5. The van der Waals surface area contributed by atoms with Crippen LogP contribution in [0.3, 0.4) is 0 Å². The third-order valence-corrected chi connectivity index (χ3v) is 4.60. The van der Waals surface area contributed by atoms with Gasteiger partial charge in [-0.1, -0.05) is 24.6 Å². The molecule has 2 aliphatic rings. The van der Waals surface area contributed by atoms with E-state index in [0.29, 0.717) is 19.6 Å². The lowest BCUT2D eigenvalue weighted by Crippen LogP contribution is -2.55. The molecule has 1 aliphatic heterocycles. The predicted octanol–water partition coefficient (Wildman–Crippen LogP) is 2.82. The van der Waals surface area contributed by atoms with Crippen LogP contribution in [-0.2, 0) is 20.7 Å². The van der Waals surface area contributed by atoms with Crippen molar-refractivity contribution in [2.75, 3.05) is 13.2 Å². The molecule has 1 aromatic carbocycles. The molecule has 1 atom stereocenters. The lowest BCUT2D eigenvalue weighted by molar-refractivity contribution is -0.196. The van der Waals surface area contributed by atoms with Crippen molar-refractivity contribution in [1.82, 2.24) is 5.32 Å². The van der Waals surface area contributed by atoms with E-state index in [1.165, 1.54) is 0 Å². The molecular weight excluding hydrogens is 306 g/mol. The molecular formula is C19H27NO4. The summed E-state index contributed by atoms with van der Waals surface area (Å²) in [6.07, 6.45) is 4.30. The number of ether oxygens (including phenoxy) is 3. The van der Waals surface area contributed by atoms with Gasteiger partial charge in [0.15, 0.2) is 5.79 Å². The van der Waals surface area contributed by atoms with E-state index < -0.39 is 5.79 Å². The Balaban J connectivity index is 1.65. The van der Waals surface area contributed by atoms with E-state index in [1.54, 1.807) is 0 Å². The monoisotopic (exact) mass is 333 g/mol. The number of carbonyl (C=O) groups excluding carboxylic acids is 1. The topological polar surface area (TPSA) is 56.8 Å². The summed E-state index contributed by atoms with van der Waals surface area (Å²) in [6.45, 7) is 5.18. The predicted molar refractivity (Wildman–Crippen MR) is 90.9 cm³/mol. The van der Waals surface area contributed by atoms with E-state index in [1.807, 2.05) is 38.1 Å². The van der Waals surface area contributed by atoms with Gasteiger partial charge in [-0.3, -0.25) is 4.79 Å². The fourth-order valence-electron chi connectivity index (χ4n) is 3.55. The van der Waals surface area contributed by atoms with Crippen molar-refractivity contribution in [3.05, 3.63) is 29.8 Å². The molecule has 0 radical (unpaired) electrons. The van der Waals surface area contributed by atoms with Crippen molar-refractivity contribution in [2.45, 2.75) is 63.9 Å². The van der Waals surface area contributed by atoms with Crippen LogP contribution in [0, 0.1) is 0 Å². The highest BCUT2D eigenvalue weighted by Crippen LogP contribution is 2.36. The molecule has 3 rings (SSSR count). The second-order valence-corrected chi connectivity index (χ2v) is 6.83. The number of para-hydroxylation sites is 1. The van der Waals surface area contributed by atoms with Gasteiger partial charge in [-0.15, -0.1) is 0 Å². The first-order valence-electron chi connectivity index (χ1n) is 8.91.